The van der Waals surface area contributed by atoms with Crippen molar-refractivity contribution >= 4 is 23.2 Å². The zero-order chi connectivity index (χ0) is 27.5. The largest absolute Gasteiger partial charge is 0.444 e. The standard InChI is InChI=1S/C29H33F2N5O3/c1-29(2,3)39-28(38)33-16-20-7-8-21(17-33)36(20)27(37)23-15-32-35-12-10-19(14-26(23)35)34-11-4-5-25(34)22-13-18(30)6-9-24(22)31/h6,9-10,12-15,20-21,25H,4-5,7-8,11,16-17H2,1-3H3. The van der Waals surface area contributed by atoms with Gasteiger partial charge >= 0.3 is 6.09 Å². The number of hydrogen-bond donors (Lipinski definition) is 0. The maximum atomic E-state index is 14.6. The lowest BCUT2D eigenvalue weighted by Gasteiger charge is -2.41. The van der Waals surface area contributed by atoms with E-state index in [1.54, 1.807) is 21.8 Å². The van der Waals surface area contributed by atoms with Crippen molar-refractivity contribution in [2.75, 3.05) is 24.5 Å². The van der Waals surface area contributed by atoms with Crippen molar-refractivity contribution < 1.29 is 23.1 Å². The summed E-state index contributed by atoms with van der Waals surface area (Å²) in [7, 11) is 0. The van der Waals surface area contributed by atoms with Gasteiger partial charge in [-0.25, -0.2) is 18.1 Å². The quantitative estimate of drug-likeness (QED) is 0.461. The molecule has 2 aromatic heterocycles. The fourth-order valence-corrected chi connectivity index (χ4v) is 6.33. The van der Waals surface area contributed by atoms with Crippen molar-refractivity contribution in [2.45, 2.75) is 70.2 Å². The van der Waals surface area contributed by atoms with E-state index in [4.69, 9.17) is 4.74 Å². The van der Waals surface area contributed by atoms with E-state index in [0.29, 0.717) is 42.7 Å². The van der Waals surface area contributed by atoms with Gasteiger partial charge in [-0.3, -0.25) is 4.79 Å². The Morgan fingerprint density at radius 2 is 1.77 bits per heavy atom. The Kier molecular flexibility index (Phi) is 6.23. The predicted octanol–water partition coefficient (Wildman–Crippen LogP) is 5.18. The molecule has 8 nitrogen and oxygen atoms in total. The maximum Gasteiger partial charge on any atom is 0.410 e. The first-order chi connectivity index (χ1) is 18.6. The highest BCUT2D eigenvalue weighted by atomic mass is 19.1. The first kappa shape index (κ1) is 25.6. The van der Waals surface area contributed by atoms with E-state index in [0.717, 1.165) is 31.0 Å². The van der Waals surface area contributed by atoms with Gasteiger partial charge < -0.3 is 19.4 Å². The highest BCUT2D eigenvalue weighted by Gasteiger charge is 2.45. The molecule has 2 amide bonds. The number of piperazine rings is 1. The number of anilines is 1. The Bertz CT molecular complexity index is 1420. The van der Waals surface area contributed by atoms with Crippen LogP contribution in [-0.4, -0.2) is 68.7 Å². The Morgan fingerprint density at radius 1 is 1.03 bits per heavy atom. The molecule has 0 spiro atoms. The molecule has 3 unspecified atom stereocenters. The molecule has 10 heteroatoms. The van der Waals surface area contributed by atoms with Gasteiger partial charge in [-0.1, -0.05) is 0 Å². The number of pyridine rings is 1. The van der Waals surface area contributed by atoms with Crippen molar-refractivity contribution in [3.63, 3.8) is 0 Å². The number of benzene rings is 1. The molecule has 3 aliphatic rings. The summed E-state index contributed by atoms with van der Waals surface area (Å²) in [5.41, 5.74) is 1.76. The summed E-state index contributed by atoms with van der Waals surface area (Å²) < 4.78 is 35.8. The average molecular weight is 538 g/mol. The summed E-state index contributed by atoms with van der Waals surface area (Å²) >= 11 is 0. The molecule has 0 aliphatic carbocycles. The maximum absolute atomic E-state index is 14.6. The molecule has 3 aliphatic heterocycles. The highest BCUT2D eigenvalue weighted by Crippen LogP contribution is 2.39. The van der Waals surface area contributed by atoms with Gasteiger partial charge in [0.05, 0.1) is 35.4 Å². The number of nitrogens with zero attached hydrogens (tertiary/aromatic N) is 5. The number of likely N-dealkylation sites (tertiary alicyclic amines) is 1. The van der Waals surface area contributed by atoms with Crippen LogP contribution in [0, 0.1) is 11.6 Å². The molecule has 3 fully saturated rings. The lowest BCUT2D eigenvalue weighted by Crippen LogP contribution is -2.57. The zero-order valence-electron chi connectivity index (χ0n) is 22.4. The van der Waals surface area contributed by atoms with E-state index < -0.39 is 17.2 Å². The van der Waals surface area contributed by atoms with Crippen LogP contribution in [0.5, 0.6) is 0 Å². The van der Waals surface area contributed by atoms with Gasteiger partial charge in [-0.15, -0.1) is 0 Å². The molecule has 3 aromatic rings. The van der Waals surface area contributed by atoms with Crippen LogP contribution in [0.1, 0.15) is 68.4 Å². The minimum atomic E-state index is -0.577. The van der Waals surface area contributed by atoms with Crippen molar-refractivity contribution in [3.8, 4) is 0 Å². The third-order valence-corrected chi connectivity index (χ3v) is 8.01. The van der Waals surface area contributed by atoms with Crippen LogP contribution < -0.4 is 4.90 Å². The molecule has 3 atom stereocenters. The normalized spacial score (nSPS) is 23.1. The van der Waals surface area contributed by atoms with Crippen molar-refractivity contribution in [3.05, 3.63) is 65.5 Å². The number of carbonyl (C=O) groups is 2. The van der Waals surface area contributed by atoms with Crippen LogP contribution in [-0.2, 0) is 4.74 Å². The monoisotopic (exact) mass is 537 g/mol. The molecule has 6 rings (SSSR count). The third kappa shape index (κ3) is 4.70. The number of amides is 2. The second kappa shape index (κ2) is 9.50. The fourth-order valence-electron chi connectivity index (χ4n) is 6.33. The molecule has 5 heterocycles. The summed E-state index contributed by atoms with van der Waals surface area (Å²) in [6.07, 6.45) is 6.26. The Labute approximate surface area is 226 Å². The number of carbonyl (C=O) groups excluding carboxylic acids is 2. The van der Waals surface area contributed by atoms with Crippen LogP contribution in [0.15, 0.2) is 42.7 Å². The second-order valence-corrected chi connectivity index (χ2v) is 11.8. The fraction of sp³-hybridized carbons (Fsp3) is 0.483. The van der Waals surface area contributed by atoms with E-state index in [1.807, 2.05) is 37.8 Å². The zero-order valence-corrected chi connectivity index (χ0v) is 22.4. The number of fused-ring (bicyclic) bond motifs is 3. The summed E-state index contributed by atoms with van der Waals surface area (Å²) in [5.74, 6) is -0.984. The van der Waals surface area contributed by atoms with Gasteiger partial charge in [0, 0.05) is 37.1 Å². The van der Waals surface area contributed by atoms with Crippen molar-refractivity contribution in [1.29, 1.82) is 0 Å². The van der Waals surface area contributed by atoms with Gasteiger partial charge in [0.2, 0.25) is 0 Å². The average Bonchev–Trinajstić information content (AvgIpc) is 3.59. The minimum Gasteiger partial charge on any atom is -0.444 e. The van der Waals surface area contributed by atoms with Crippen LogP contribution in [0.2, 0.25) is 0 Å². The summed E-state index contributed by atoms with van der Waals surface area (Å²) in [6.45, 7) is 7.12. The predicted molar refractivity (Wildman–Crippen MR) is 142 cm³/mol. The van der Waals surface area contributed by atoms with E-state index >= 15 is 0 Å². The van der Waals surface area contributed by atoms with Crippen LogP contribution in [0.4, 0.5) is 19.3 Å². The molecular formula is C29H33F2N5O3. The Hall–Kier alpha value is -3.69. The van der Waals surface area contributed by atoms with Gasteiger partial charge in [0.25, 0.3) is 5.91 Å². The van der Waals surface area contributed by atoms with Gasteiger partial charge in [0.1, 0.15) is 17.2 Å². The summed E-state index contributed by atoms with van der Waals surface area (Å²) in [5, 5.41) is 4.42. The van der Waals surface area contributed by atoms with E-state index in [2.05, 4.69) is 10.00 Å². The topological polar surface area (TPSA) is 70.4 Å². The molecule has 3 saturated heterocycles. The lowest BCUT2D eigenvalue weighted by atomic mass is 10.0. The number of hydrogen-bond acceptors (Lipinski definition) is 5. The SMILES string of the molecule is CC(C)(C)OC(=O)N1CC2CCC(C1)N2C(=O)c1cnn2ccc(N3CCCC3c3cc(F)ccc3F)cc12. The molecule has 0 N–H and O–H groups in total. The molecule has 0 saturated carbocycles. The molecule has 206 valence electrons. The summed E-state index contributed by atoms with van der Waals surface area (Å²) in [4.78, 5) is 32.3. The van der Waals surface area contributed by atoms with Crippen LogP contribution >= 0.6 is 0 Å². The summed E-state index contributed by atoms with van der Waals surface area (Å²) in [6, 6.07) is 6.94. The Balaban J connectivity index is 1.26. The van der Waals surface area contributed by atoms with E-state index in [1.165, 1.54) is 12.1 Å². The van der Waals surface area contributed by atoms with Crippen molar-refractivity contribution in [2.24, 2.45) is 0 Å². The van der Waals surface area contributed by atoms with Crippen LogP contribution in [0.25, 0.3) is 5.52 Å². The third-order valence-electron chi connectivity index (χ3n) is 8.01. The molecule has 39 heavy (non-hydrogen) atoms. The van der Waals surface area contributed by atoms with Crippen LogP contribution in [0.3, 0.4) is 0 Å². The van der Waals surface area contributed by atoms with E-state index in [-0.39, 0.29) is 30.1 Å². The molecular weight excluding hydrogens is 504 g/mol. The molecule has 1 aromatic carbocycles. The Morgan fingerprint density at radius 3 is 2.49 bits per heavy atom. The number of halogens is 2. The van der Waals surface area contributed by atoms with E-state index in [9.17, 15) is 18.4 Å². The minimum absolute atomic E-state index is 0.0826. The molecule has 2 bridgehead atoms. The van der Waals surface area contributed by atoms with Gasteiger partial charge in [0.15, 0.2) is 0 Å². The second-order valence-electron chi connectivity index (χ2n) is 11.8. The first-order valence-corrected chi connectivity index (χ1v) is 13.6. The van der Waals surface area contributed by atoms with Crippen molar-refractivity contribution in [1.82, 2.24) is 19.4 Å². The first-order valence-electron chi connectivity index (χ1n) is 13.6. The number of rotatable bonds is 3. The highest BCUT2D eigenvalue weighted by molar-refractivity contribution is 6.01. The van der Waals surface area contributed by atoms with Gasteiger partial charge in [-0.2, -0.15) is 5.10 Å². The number of aromatic nitrogens is 2. The smallest absolute Gasteiger partial charge is 0.410 e. The molecule has 0 radical (unpaired) electrons. The lowest BCUT2D eigenvalue weighted by molar-refractivity contribution is 0.00244. The van der Waals surface area contributed by atoms with Gasteiger partial charge in [-0.05, 0) is 76.8 Å². The number of ether oxygens (including phenoxy) is 1.